The number of nitrogens with one attached hydrogen (secondary N) is 2. The Morgan fingerprint density at radius 3 is 2.80 bits per heavy atom. The van der Waals surface area contributed by atoms with Crippen LogP contribution in [0.5, 0.6) is 0 Å². The zero-order chi connectivity index (χ0) is 13.8. The summed E-state index contributed by atoms with van der Waals surface area (Å²) in [5.74, 6) is 0.764. The minimum Gasteiger partial charge on any atom is -0.316 e. The van der Waals surface area contributed by atoms with Crippen LogP contribution >= 0.6 is 0 Å². The summed E-state index contributed by atoms with van der Waals surface area (Å²) in [7, 11) is 0. The van der Waals surface area contributed by atoms with E-state index in [0.717, 1.165) is 12.0 Å². The van der Waals surface area contributed by atoms with Crippen molar-refractivity contribution >= 4 is 0 Å². The molecule has 2 aliphatic rings. The van der Waals surface area contributed by atoms with E-state index in [1.54, 1.807) is 0 Å². The first kappa shape index (κ1) is 14.1. The summed E-state index contributed by atoms with van der Waals surface area (Å²) in [6.07, 6.45) is 6.73. The second-order valence-corrected chi connectivity index (χ2v) is 6.74. The van der Waals surface area contributed by atoms with E-state index in [1.807, 2.05) is 0 Å². The fourth-order valence-corrected chi connectivity index (χ4v) is 3.89. The third-order valence-electron chi connectivity index (χ3n) is 5.19. The Bertz CT molecular complexity index is 409. The van der Waals surface area contributed by atoms with Crippen LogP contribution in [0.2, 0.25) is 0 Å². The van der Waals surface area contributed by atoms with Crippen LogP contribution in [0.3, 0.4) is 0 Å². The smallest absolute Gasteiger partial charge is 0.0143 e. The zero-order valence-corrected chi connectivity index (χ0v) is 12.7. The topological polar surface area (TPSA) is 24.1 Å². The quantitative estimate of drug-likeness (QED) is 0.796. The summed E-state index contributed by atoms with van der Waals surface area (Å²) >= 11 is 0. The Hall–Kier alpha value is -0.860. The van der Waals surface area contributed by atoms with Crippen LogP contribution in [0.1, 0.15) is 50.5 Å². The van der Waals surface area contributed by atoms with Gasteiger partial charge < -0.3 is 10.6 Å². The fourth-order valence-electron chi connectivity index (χ4n) is 3.89. The number of rotatable bonds is 7. The first-order chi connectivity index (χ1) is 9.83. The second kappa shape index (κ2) is 6.28. The van der Waals surface area contributed by atoms with E-state index in [9.17, 15) is 0 Å². The molecule has 1 heterocycles. The molecule has 0 amide bonds. The molecule has 2 heteroatoms. The van der Waals surface area contributed by atoms with Crippen molar-refractivity contribution in [1.82, 2.24) is 10.6 Å². The number of hydrogen-bond donors (Lipinski definition) is 2. The molecule has 2 fully saturated rings. The molecule has 3 atom stereocenters. The molecule has 1 saturated heterocycles. The van der Waals surface area contributed by atoms with Crippen LogP contribution < -0.4 is 10.6 Å². The van der Waals surface area contributed by atoms with Gasteiger partial charge in [0.15, 0.2) is 0 Å². The number of hydrogen-bond acceptors (Lipinski definition) is 2. The predicted octanol–water partition coefficient (Wildman–Crippen LogP) is 3.30. The van der Waals surface area contributed by atoms with Gasteiger partial charge in [-0.1, -0.05) is 43.7 Å². The molecule has 1 aliphatic carbocycles. The van der Waals surface area contributed by atoms with Gasteiger partial charge in [0.1, 0.15) is 0 Å². The maximum absolute atomic E-state index is 3.79. The Morgan fingerprint density at radius 1 is 1.25 bits per heavy atom. The molecule has 0 aromatic heterocycles. The molecule has 3 unspecified atom stereocenters. The molecular formula is C18H28N2. The van der Waals surface area contributed by atoms with Gasteiger partial charge in [-0.05, 0) is 49.8 Å². The molecular weight excluding hydrogens is 244 g/mol. The van der Waals surface area contributed by atoms with Crippen LogP contribution in [0.4, 0.5) is 0 Å². The van der Waals surface area contributed by atoms with Crippen molar-refractivity contribution in [3.63, 3.8) is 0 Å². The van der Waals surface area contributed by atoms with E-state index in [2.05, 4.69) is 47.9 Å². The zero-order valence-electron chi connectivity index (χ0n) is 12.7. The molecule has 1 aromatic rings. The fraction of sp³-hybridized carbons (Fsp3) is 0.667. The van der Waals surface area contributed by atoms with Gasteiger partial charge in [-0.25, -0.2) is 0 Å². The SMILES string of the molecule is CCCC1(CCNC2CC2c2ccccc2)CCNC1. The Kier molecular flexibility index (Phi) is 4.42. The molecule has 110 valence electrons. The molecule has 1 aromatic carbocycles. The summed E-state index contributed by atoms with van der Waals surface area (Å²) in [6.45, 7) is 5.96. The lowest BCUT2D eigenvalue weighted by Gasteiger charge is -2.28. The third kappa shape index (κ3) is 3.24. The van der Waals surface area contributed by atoms with Gasteiger partial charge in [-0.3, -0.25) is 0 Å². The average Bonchev–Trinajstić information content (AvgIpc) is 3.11. The molecule has 0 spiro atoms. The van der Waals surface area contributed by atoms with Crippen molar-refractivity contribution in [3.05, 3.63) is 35.9 Å². The van der Waals surface area contributed by atoms with E-state index in [0.29, 0.717) is 5.41 Å². The lowest BCUT2D eigenvalue weighted by atomic mass is 9.79. The minimum atomic E-state index is 0.582. The van der Waals surface area contributed by atoms with Crippen molar-refractivity contribution in [1.29, 1.82) is 0 Å². The monoisotopic (exact) mass is 272 g/mol. The minimum absolute atomic E-state index is 0.582. The first-order valence-corrected chi connectivity index (χ1v) is 8.32. The highest BCUT2D eigenvalue weighted by molar-refractivity contribution is 5.27. The van der Waals surface area contributed by atoms with Crippen LogP contribution in [0.25, 0.3) is 0 Å². The van der Waals surface area contributed by atoms with Crippen molar-refractivity contribution in [3.8, 4) is 0 Å². The van der Waals surface area contributed by atoms with Crippen molar-refractivity contribution in [2.24, 2.45) is 5.41 Å². The van der Waals surface area contributed by atoms with Crippen molar-refractivity contribution < 1.29 is 0 Å². The highest BCUT2D eigenvalue weighted by Crippen LogP contribution is 2.41. The Balaban J connectivity index is 1.43. The summed E-state index contributed by atoms with van der Waals surface area (Å²) in [6, 6.07) is 11.7. The van der Waals surface area contributed by atoms with Crippen molar-refractivity contribution in [2.75, 3.05) is 19.6 Å². The molecule has 20 heavy (non-hydrogen) atoms. The van der Waals surface area contributed by atoms with Crippen LogP contribution in [-0.2, 0) is 0 Å². The largest absolute Gasteiger partial charge is 0.316 e. The maximum Gasteiger partial charge on any atom is 0.0143 e. The van der Waals surface area contributed by atoms with Gasteiger partial charge in [0.2, 0.25) is 0 Å². The third-order valence-corrected chi connectivity index (χ3v) is 5.19. The van der Waals surface area contributed by atoms with Gasteiger partial charge in [0.25, 0.3) is 0 Å². The van der Waals surface area contributed by atoms with E-state index >= 15 is 0 Å². The average molecular weight is 272 g/mol. The highest BCUT2D eigenvalue weighted by atomic mass is 15.0. The summed E-state index contributed by atoms with van der Waals surface area (Å²) in [5.41, 5.74) is 2.09. The molecule has 2 N–H and O–H groups in total. The van der Waals surface area contributed by atoms with Gasteiger partial charge in [0.05, 0.1) is 0 Å². The van der Waals surface area contributed by atoms with Crippen LogP contribution in [-0.4, -0.2) is 25.7 Å². The van der Waals surface area contributed by atoms with Gasteiger partial charge in [-0.2, -0.15) is 0 Å². The first-order valence-electron chi connectivity index (χ1n) is 8.32. The van der Waals surface area contributed by atoms with E-state index in [-0.39, 0.29) is 0 Å². The molecule has 1 aliphatic heterocycles. The Labute approximate surface area is 123 Å². The lowest BCUT2D eigenvalue weighted by molar-refractivity contribution is 0.264. The van der Waals surface area contributed by atoms with Gasteiger partial charge in [-0.15, -0.1) is 0 Å². The molecule has 3 rings (SSSR count). The normalized spacial score (nSPS) is 32.5. The van der Waals surface area contributed by atoms with E-state index in [4.69, 9.17) is 0 Å². The van der Waals surface area contributed by atoms with Crippen molar-refractivity contribution in [2.45, 2.75) is 51.0 Å². The van der Waals surface area contributed by atoms with E-state index in [1.165, 1.54) is 57.3 Å². The van der Waals surface area contributed by atoms with Crippen LogP contribution in [0.15, 0.2) is 30.3 Å². The summed E-state index contributed by atoms with van der Waals surface area (Å²) in [4.78, 5) is 0. The lowest BCUT2D eigenvalue weighted by Crippen LogP contribution is -2.30. The summed E-state index contributed by atoms with van der Waals surface area (Å²) < 4.78 is 0. The summed E-state index contributed by atoms with van der Waals surface area (Å²) in [5, 5.41) is 7.35. The number of benzene rings is 1. The Morgan fingerprint density at radius 2 is 2.10 bits per heavy atom. The maximum atomic E-state index is 3.79. The second-order valence-electron chi connectivity index (χ2n) is 6.74. The predicted molar refractivity (Wildman–Crippen MR) is 85.0 cm³/mol. The van der Waals surface area contributed by atoms with E-state index < -0.39 is 0 Å². The van der Waals surface area contributed by atoms with Gasteiger partial charge in [0, 0.05) is 18.5 Å². The van der Waals surface area contributed by atoms with Gasteiger partial charge >= 0.3 is 0 Å². The molecule has 2 nitrogen and oxygen atoms in total. The molecule has 1 saturated carbocycles. The standard InChI is InChI=1S/C18H28N2/c1-2-8-18(9-11-19-14-18)10-12-20-17-13-16(17)15-6-4-3-5-7-15/h3-7,16-17,19-20H,2,8-14H2,1H3. The molecule has 0 radical (unpaired) electrons. The molecule has 0 bridgehead atoms. The highest BCUT2D eigenvalue weighted by Gasteiger charge is 2.38. The van der Waals surface area contributed by atoms with Crippen LogP contribution in [0, 0.1) is 5.41 Å².